The summed E-state index contributed by atoms with van der Waals surface area (Å²) in [5.74, 6) is 4.21. The quantitative estimate of drug-likeness (QED) is 0.655. The summed E-state index contributed by atoms with van der Waals surface area (Å²) in [6, 6.07) is 5.23. The molecule has 0 aliphatic heterocycles. The van der Waals surface area contributed by atoms with Gasteiger partial charge in [-0.25, -0.2) is 0 Å². The Bertz CT molecular complexity index is 323. The minimum absolute atomic E-state index is 0.854. The Morgan fingerprint density at radius 3 is 1.80 bits per heavy atom. The molecule has 0 radical (unpaired) electrons. The summed E-state index contributed by atoms with van der Waals surface area (Å²) >= 11 is 0. The van der Waals surface area contributed by atoms with Crippen LogP contribution in [-0.4, -0.2) is 4.57 Å². The number of hydrogen-bond donors (Lipinski definition) is 0. The van der Waals surface area contributed by atoms with E-state index in [-0.39, 0.29) is 0 Å². The van der Waals surface area contributed by atoms with Gasteiger partial charge < -0.3 is 4.57 Å². The largest absolute Gasteiger partial charge is 0.351 e. The minimum Gasteiger partial charge on any atom is -0.351 e. The maximum atomic E-state index is 2.51. The Labute approximate surface area is 91.5 Å². The second-order valence-electron chi connectivity index (χ2n) is 6.05. The van der Waals surface area contributed by atoms with Gasteiger partial charge in [0.1, 0.15) is 0 Å². The van der Waals surface area contributed by atoms with Gasteiger partial charge in [-0.2, -0.15) is 0 Å². The van der Waals surface area contributed by atoms with E-state index in [1.165, 1.54) is 25.7 Å². The molecule has 1 aromatic rings. The van der Waals surface area contributed by atoms with E-state index in [1.54, 1.807) is 6.42 Å². The molecule has 4 aliphatic rings. The van der Waals surface area contributed by atoms with Crippen LogP contribution in [0.25, 0.3) is 0 Å². The zero-order valence-electron chi connectivity index (χ0n) is 9.18. The van der Waals surface area contributed by atoms with Gasteiger partial charge in [-0.15, -0.1) is 0 Å². The lowest BCUT2D eigenvalue weighted by atomic mass is 9.54. The molecule has 0 saturated heterocycles. The Morgan fingerprint density at radius 2 is 1.27 bits per heavy atom. The molecular formula is C14H19N. The first-order valence-corrected chi connectivity index (χ1v) is 6.52. The van der Waals surface area contributed by atoms with Gasteiger partial charge in [0.25, 0.3) is 0 Å². The summed E-state index contributed by atoms with van der Waals surface area (Å²) in [5.41, 5.74) is 0. The fourth-order valence-corrected chi connectivity index (χ4v) is 4.93. The van der Waals surface area contributed by atoms with Gasteiger partial charge in [0.05, 0.1) is 0 Å². The zero-order chi connectivity index (χ0) is 9.83. The van der Waals surface area contributed by atoms with Crippen molar-refractivity contribution in [3.05, 3.63) is 24.5 Å². The second kappa shape index (κ2) is 2.90. The number of aromatic nitrogens is 1. The zero-order valence-corrected chi connectivity index (χ0v) is 9.18. The third-order valence-electron chi connectivity index (χ3n) is 5.15. The van der Waals surface area contributed by atoms with Gasteiger partial charge in [-0.1, -0.05) is 0 Å². The van der Waals surface area contributed by atoms with Crippen LogP contribution in [0.3, 0.4) is 0 Å². The minimum atomic E-state index is 0.854. The van der Waals surface area contributed by atoms with Gasteiger partial charge >= 0.3 is 0 Å². The van der Waals surface area contributed by atoms with E-state index in [0.29, 0.717) is 0 Å². The lowest BCUT2D eigenvalue weighted by Gasteiger charge is -2.54. The summed E-state index contributed by atoms with van der Waals surface area (Å²) < 4.78 is 2.51. The lowest BCUT2D eigenvalue weighted by molar-refractivity contribution is -0.0289. The molecular weight excluding hydrogens is 182 g/mol. The normalized spacial score (nSPS) is 47.3. The van der Waals surface area contributed by atoms with Crippen LogP contribution in [-0.2, 0) is 0 Å². The van der Waals surface area contributed by atoms with Crippen molar-refractivity contribution in [1.82, 2.24) is 4.57 Å². The number of hydrogen-bond acceptors (Lipinski definition) is 0. The van der Waals surface area contributed by atoms with E-state index in [4.69, 9.17) is 0 Å². The van der Waals surface area contributed by atoms with E-state index in [2.05, 4.69) is 29.1 Å². The maximum Gasteiger partial charge on any atom is 0.0387 e. The Morgan fingerprint density at radius 1 is 0.733 bits per heavy atom. The van der Waals surface area contributed by atoms with Crippen LogP contribution in [0.1, 0.15) is 38.1 Å². The average Bonchev–Trinajstić information content (AvgIpc) is 2.69. The van der Waals surface area contributed by atoms with E-state index in [9.17, 15) is 0 Å². The first-order valence-electron chi connectivity index (χ1n) is 6.52. The standard InChI is InChI=1S/C14H19N/c1-2-4-15(3-1)14-12-6-10-5-11(8-12)9-13(14)7-10/h1-4,10-14H,5-9H2. The second-order valence-corrected chi connectivity index (χ2v) is 6.05. The smallest absolute Gasteiger partial charge is 0.0387 e. The van der Waals surface area contributed by atoms with Crippen molar-refractivity contribution < 1.29 is 0 Å². The van der Waals surface area contributed by atoms with E-state index in [1.807, 2.05) is 0 Å². The summed E-state index contributed by atoms with van der Waals surface area (Å²) in [6.07, 6.45) is 12.2. The highest BCUT2D eigenvalue weighted by Crippen LogP contribution is 2.58. The molecule has 0 amide bonds. The van der Waals surface area contributed by atoms with Crippen molar-refractivity contribution in [2.45, 2.75) is 38.1 Å². The first kappa shape index (κ1) is 8.43. The Balaban J connectivity index is 1.71. The molecule has 0 N–H and O–H groups in total. The molecule has 80 valence electrons. The maximum absolute atomic E-state index is 2.51. The molecule has 1 nitrogen and oxygen atoms in total. The molecule has 1 heterocycles. The van der Waals surface area contributed by atoms with Crippen molar-refractivity contribution in [1.29, 1.82) is 0 Å². The van der Waals surface area contributed by atoms with Gasteiger partial charge in [0.2, 0.25) is 0 Å². The Kier molecular flexibility index (Phi) is 1.63. The molecule has 4 bridgehead atoms. The van der Waals surface area contributed by atoms with Crippen LogP contribution in [0.4, 0.5) is 0 Å². The molecule has 5 rings (SSSR count). The summed E-state index contributed by atoms with van der Waals surface area (Å²) in [5, 5.41) is 0. The molecule has 0 spiro atoms. The van der Waals surface area contributed by atoms with E-state index >= 15 is 0 Å². The molecule has 4 fully saturated rings. The fraction of sp³-hybridized carbons (Fsp3) is 0.714. The first-order chi connectivity index (χ1) is 7.40. The average molecular weight is 201 g/mol. The lowest BCUT2D eigenvalue weighted by Crippen LogP contribution is -2.45. The predicted octanol–water partition coefficient (Wildman–Crippen LogP) is 3.49. The highest BCUT2D eigenvalue weighted by molar-refractivity contribution is 5.04. The third-order valence-corrected chi connectivity index (χ3v) is 5.15. The molecule has 0 aromatic carbocycles. The van der Waals surface area contributed by atoms with Gasteiger partial charge in [-0.3, -0.25) is 0 Å². The van der Waals surface area contributed by atoms with Crippen molar-refractivity contribution in [3.63, 3.8) is 0 Å². The SMILES string of the molecule is c1ccn(C2C3CC4CC(C3)CC2C4)c1. The van der Waals surface area contributed by atoms with Gasteiger partial charge in [0.15, 0.2) is 0 Å². The van der Waals surface area contributed by atoms with Crippen LogP contribution in [0.15, 0.2) is 24.5 Å². The summed E-state index contributed by atoms with van der Waals surface area (Å²) in [7, 11) is 0. The van der Waals surface area contributed by atoms with Gasteiger partial charge in [-0.05, 0) is 67.9 Å². The molecule has 1 heteroatoms. The highest BCUT2D eigenvalue weighted by Gasteiger charge is 2.48. The van der Waals surface area contributed by atoms with Crippen LogP contribution >= 0.6 is 0 Å². The molecule has 4 aliphatic carbocycles. The summed E-state index contributed by atoms with van der Waals surface area (Å²) in [6.45, 7) is 0. The molecule has 4 saturated carbocycles. The van der Waals surface area contributed by atoms with Crippen LogP contribution in [0.5, 0.6) is 0 Å². The van der Waals surface area contributed by atoms with E-state index in [0.717, 1.165) is 29.7 Å². The van der Waals surface area contributed by atoms with Crippen molar-refractivity contribution in [2.24, 2.45) is 23.7 Å². The molecule has 0 unspecified atom stereocenters. The fourth-order valence-electron chi connectivity index (χ4n) is 4.93. The topological polar surface area (TPSA) is 4.93 Å². The number of rotatable bonds is 1. The number of nitrogens with zero attached hydrogens (tertiary/aromatic N) is 1. The van der Waals surface area contributed by atoms with Crippen LogP contribution < -0.4 is 0 Å². The van der Waals surface area contributed by atoms with Crippen LogP contribution in [0, 0.1) is 23.7 Å². The summed E-state index contributed by atoms with van der Waals surface area (Å²) in [4.78, 5) is 0. The van der Waals surface area contributed by atoms with Crippen molar-refractivity contribution in [3.8, 4) is 0 Å². The molecule has 1 aromatic heterocycles. The van der Waals surface area contributed by atoms with Crippen LogP contribution in [0.2, 0.25) is 0 Å². The Hall–Kier alpha value is -0.720. The van der Waals surface area contributed by atoms with Crippen molar-refractivity contribution >= 4 is 0 Å². The highest BCUT2D eigenvalue weighted by atomic mass is 15.0. The van der Waals surface area contributed by atoms with Gasteiger partial charge in [0, 0.05) is 18.4 Å². The molecule has 0 atom stereocenters. The van der Waals surface area contributed by atoms with Crippen molar-refractivity contribution in [2.75, 3.05) is 0 Å². The molecule has 15 heavy (non-hydrogen) atoms. The predicted molar refractivity (Wildman–Crippen MR) is 60.5 cm³/mol. The third kappa shape index (κ3) is 1.15. The van der Waals surface area contributed by atoms with E-state index < -0.39 is 0 Å². The monoisotopic (exact) mass is 201 g/mol.